The van der Waals surface area contributed by atoms with Crippen LogP contribution in [0, 0.1) is 12.3 Å². The fourth-order valence-electron chi connectivity index (χ4n) is 1.11. The molecular weight excluding hydrogens is 224 g/mol. The third-order valence-electron chi connectivity index (χ3n) is 1.80. The van der Waals surface area contributed by atoms with E-state index >= 15 is 0 Å². The number of hydrogen-bond donors (Lipinski definition) is 2. The second-order valence-corrected chi connectivity index (χ2v) is 4.02. The summed E-state index contributed by atoms with van der Waals surface area (Å²) in [7, 11) is 0. The first kappa shape index (κ1) is 12.4. The summed E-state index contributed by atoms with van der Waals surface area (Å²) in [6.45, 7) is 0.665. The van der Waals surface area contributed by atoms with E-state index in [0.29, 0.717) is 18.0 Å². The number of carboxylic acid groups (broad SMARTS) is 1. The summed E-state index contributed by atoms with van der Waals surface area (Å²) >= 11 is 1.62. The van der Waals surface area contributed by atoms with Gasteiger partial charge in [0.25, 0.3) is 0 Å². The van der Waals surface area contributed by atoms with Gasteiger partial charge < -0.3 is 10.4 Å². The Hall–Kier alpha value is -1.67. The highest BCUT2D eigenvalue weighted by molar-refractivity contribution is 7.99. The normalized spacial score (nSPS) is 9.44. The first-order valence-corrected chi connectivity index (χ1v) is 5.83. The van der Waals surface area contributed by atoms with Crippen LogP contribution in [0.1, 0.15) is 10.4 Å². The lowest BCUT2D eigenvalue weighted by Crippen LogP contribution is -2.09. The molecule has 0 radical (unpaired) electrons. The van der Waals surface area contributed by atoms with Crippen LogP contribution in [-0.4, -0.2) is 34.1 Å². The Morgan fingerprint density at radius 1 is 1.69 bits per heavy atom. The van der Waals surface area contributed by atoms with E-state index in [1.54, 1.807) is 11.8 Å². The van der Waals surface area contributed by atoms with Gasteiger partial charge in [0.2, 0.25) is 0 Å². The molecule has 0 spiro atoms. The molecule has 1 aromatic rings. The molecule has 0 aliphatic carbocycles. The van der Waals surface area contributed by atoms with Crippen LogP contribution in [0.5, 0.6) is 0 Å². The molecule has 2 N–H and O–H groups in total. The van der Waals surface area contributed by atoms with Crippen molar-refractivity contribution in [3.05, 3.63) is 24.0 Å². The highest BCUT2D eigenvalue weighted by Crippen LogP contribution is 2.13. The van der Waals surface area contributed by atoms with Crippen LogP contribution in [0.3, 0.4) is 0 Å². The van der Waals surface area contributed by atoms with Crippen LogP contribution in [0.4, 0.5) is 5.69 Å². The Morgan fingerprint density at radius 2 is 2.50 bits per heavy atom. The second kappa shape index (κ2) is 6.75. The highest BCUT2D eigenvalue weighted by Gasteiger charge is 2.08. The average molecular weight is 236 g/mol. The lowest BCUT2D eigenvalue weighted by atomic mass is 10.2. The Bertz CT molecular complexity index is 401. The molecule has 0 amide bonds. The molecular formula is C11H12N2O2S. The number of anilines is 1. The zero-order valence-corrected chi connectivity index (χ0v) is 9.46. The standard InChI is InChI=1S/C11H12N2O2S/c1-2-6-16-7-5-13-10-8-12-4-3-9(10)11(14)15/h1,3-4,8,13H,5-7H2,(H,14,15). The topological polar surface area (TPSA) is 62.2 Å². The summed E-state index contributed by atoms with van der Waals surface area (Å²) in [6, 6.07) is 1.47. The lowest BCUT2D eigenvalue weighted by Gasteiger charge is -2.07. The van der Waals surface area contributed by atoms with Crippen molar-refractivity contribution < 1.29 is 9.90 Å². The van der Waals surface area contributed by atoms with Crippen LogP contribution < -0.4 is 5.32 Å². The molecule has 1 heterocycles. The number of aromatic carboxylic acids is 1. The molecule has 0 bridgehead atoms. The van der Waals surface area contributed by atoms with Gasteiger partial charge in [-0.05, 0) is 6.07 Å². The number of carboxylic acids is 1. The van der Waals surface area contributed by atoms with Crippen LogP contribution in [0.15, 0.2) is 18.5 Å². The zero-order chi connectivity index (χ0) is 11.8. The summed E-state index contributed by atoms with van der Waals surface area (Å²) in [6.07, 6.45) is 8.08. The van der Waals surface area contributed by atoms with Crippen LogP contribution in [0.25, 0.3) is 0 Å². The predicted octanol–water partition coefficient (Wildman–Crippen LogP) is 1.56. The maximum Gasteiger partial charge on any atom is 0.337 e. The smallest absolute Gasteiger partial charge is 0.337 e. The molecule has 0 aliphatic rings. The van der Waals surface area contributed by atoms with Gasteiger partial charge in [0.1, 0.15) is 0 Å². The molecule has 5 heteroatoms. The van der Waals surface area contributed by atoms with Crippen molar-refractivity contribution in [3.63, 3.8) is 0 Å². The Morgan fingerprint density at radius 3 is 3.19 bits per heavy atom. The maximum absolute atomic E-state index is 10.9. The largest absolute Gasteiger partial charge is 0.478 e. The Labute approximate surface area is 98.5 Å². The molecule has 84 valence electrons. The van der Waals surface area contributed by atoms with Gasteiger partial charge in [0.05, 0.1) is 23.2 Å². The van der Waals surface area contributed by atoms with Crippen LogP contribution in [-0.2, 0) is 0 Å². The van der Waals surface area contributed by atoms with Gasteiger partial charge in [-0.15, -0.1) is 18.2 Å². The van der Waals surface area contributed by atoms with Crippen LogP contribution in [0.2, 0.25) is 0 Å². The third kappa shape index (κ3) is 3.83. The number of nitrogens with one attached hydrogen (secondary N) is 1. The number of nitrogens with zero attached hydrogens (tertiary/aromatic N) is 1. The number of rotatable bonds is 6. The first-order valence-electron chi connectivity index (χ1n) is 4.68. The minimum atomic E-state index is -0.957. The van der Waals surface area contributed by atoms with Crippen molar-refractivity contribution in [3.8, 4) is 12.3 Å². The van der Waals surface area contributed by atoms with Crippen molar-refractivity contribution in [2.24, 2.45) is 0 Å². The van der Waals surface area contributed by atoms with Crippen molar-refractivity contribution in [1.82, 2.24) is 4.98 Å². The van der Waals surface area contributed by atoms with E-state index in [0.717, 1.165) is 5.75 Å². The maximum atomic E-state index is 10.9. The molecule has 4 nitrogen and oxygen atoms in total. The van der Waals surface area contributed by atoms with E-state index in [1.165, 1.54) is 18.5 Å². The van der Waals surface area contributed by atoms with E-state index in [2.05, 4.69) is 16.2 Å². The van der Waals surface area contributed by atoms with E-state index in [9.17, 15) is 4.79 Å². The van der Waals surface area contributed by atoms with E-state index in [4.69, 9.17) is 11.5 Å². The van der Waals surface area contributed by atoms with Gasteiger partial charge in [-0.1, -0.05) is 5.92 Å². The summed E-state index contributed by atoms with van der Waals surface area (Å²) in [4.78, 5) is 14.7. The van der Waals surface area contributed by atoms with Gasteiger partial charge >= 0.3 is 5.97 Å². The van der Waals surface area contributed by atoms with Gasteiger partial charge in [0, 0.05) is 18.5 Å². The number of terminal acetylenes is 1. The SMILES string of the molecule is C#CCSCCNc1cnccc1C(=O)O. The summed E-state index contributed by atoms with van der Waals surface area (Å²) in [5.41, 5.74) is 0.772. The van der Waals surface area contributed by atoms with Gasteiger partial charge in [0.15, 0.2) is 0 Å². The molecule has 1 rings (SSSR count). The lowest BCUT2D eigenvalue weighted by molar-refractivity contribution is 0.0698. The number of pyridine rings is 1. The molecule has 16 heavy (non-hydrogen) atoms. The predicted molar refractivity (Wildman–Crippen MR) is 65.8 cm³/mol. The van der Waals surface area contributed by atoms with Crippen molar-refractivity contribution in [2.75, 3.05) is 23.4 Å². The van der Waals surface area contributed by atoms with Crippen LogP contribution >= 0.6 is 11.8 Å². The first-order chi connectivity index (χ1) is 7.75. The number of hydrogen-bond acceptors (Lipinski definition) is 4. The summed E-state index contributed by atoms with van der Waals surface area (Å²) in [5.74, 6) is 3.07. The fraction of sp³-hybridized carbons (Fsp3) is 0.273. The summed E-state index contributed by atoms with van der Waals surface area (Å²) < 4.78 is 0. The number of thioether (sulfide) groups is 1. The number of carbonyl (C=O) groups is 1. The molecule has 0 unspecified atom stereocenters. The fourth-order valence-corrected chi connectivity index (χ4v) is 1.62. The Balaban J connectivity index is 2.47. The molecule has 0 aromatic carbocycles. The molecule has 1 aromatic heterocycles. The summed E-state index contributed by atoms with van der Waals surface area (Å²) in [5, 5.41) is 11.9. The molecule has 0 saturated carbocycles. The minimum absolute atomic E-state index is 0.233. The van der Waals surface area contributed by atoms with Crippen molar-refractivity contribution >= 4 is 23.4 Å². The van der Waals surface area contributed by atoms with Crippen molar-refractivity contribution in [1.29, 1.82) is 0 Å². The molecule has 0 saturated heterocycles. The van der Waals surface area contributed by atoms with Crippen molar-refractivity contribution in [2.45, 2.75) is 0 Å². The number of aromatic nitrogens is 1. The third-order valence-corrected chi connectivity index (χ3v) is 2.66. The monoisotopic (exact) mass is 236 g/mol. The van der Waals surface area contributed by atoms with E-state index in [1.807, 2.05) is 0 Å². The molecule has 0 fully saturated rings. The molecule has 0 atom stereocenters. The van der Waals surface area contributed by atoms with Gasteiger partial charge in [-0.3, -0.25) is 4.98 Å². The van der Waals surface area contributed by atoms with Gasteiger partial charge in [-0.25, -0.2) is 4.79 Å². The highest BCUT2D eigenvalue weighted by atomic mass is 32.2. The minimum Gasteiger partial charge on any atom is -0.478 e. The second-order valence-electron chi connectivity index (χ2n) is 2.91. The van der Waals surface area contributed by atoms with E-state index < -0.39 is 5.97 Å². The Kier molecular flexibility index (Phi) is 5.23. The zero-order valence-electron chi connectivity index (χ0n) is 8.64. The van der Waals surface area contributed by atoms with E-state index in [-0.39, 0.29) is 5.56 Å². The van der Waals surface area contributed by atoms with Gasteiger partial charge in [-0.2, -0.15) is 0 Å². The molecule has 0 aliphatic heterocycles. The quantitative estimate of drug-likeness (QED) is 0.579. The average Bonchev–Trinajstić information content (AvgIpc) is 2.29.